The molecule has 1 aromatic carbocycles. The summed E-state index contributed by atoms with van der Waals surface area (Å²) in [4.78, 5) is 19.4. The van der Waals surface area contributed by atoms with Gasteiger partial charge in [0, 0.05) is 19.0 Å². The average Bonchev–Trinajstić information content (AvgIpc) is 3.48. The van der Waals surface area contributed by atoms with E-state index >= 15 is 0 Å². The highest BCUT2D eigenvalue weighted by Crippen LogP contribution is 2.44. The van der Waals surface area contributed by atoms with Crippen LogP contribution in [-0.2, 0) is 23.9 Å². The molecule has 10 heteroatoms. The van der Waals surface area contributed by atoms with Gasteiger partial charge in [-0.1, -0.05) is 6.07 Å². The van der Waals surface area contributed by atoms with Gasteiger partial charge in [0.1, 0.15) is 20.9 Å². The Bertz CT molecular complexity index is 1060. The molecule has 1 fully saturated rings. The van der Waals surface area contributed by atoms with Gasteiger partial charge in [-0.25, -0.2) is 14.2 Å². The molecule has 0 radical (unpaired) electrons. The molecule has 1 aromatic heterocycles. The van der Waals surface area contributed by atoms with E-state index in [-0.39, 0.29) is 6.42 Å². The summed E-state index contributed by atoms with van der Waals surface area (Å²) in [6.45, 7) is 6.40. The second kappa shape index (κ2) is 8.74. The third-order valence-electron chi connectivity index (χ3n) is 5.86. The van der Waals surface area contributed by atoms with Crippen molar-refractivity contribution in [2.75, 3.05) is 6.54 Å². The molecule has 4 rings (SSSR count). The van der Waals surface area contributed by atoms with Crippen molar-refractivity contribution in [3.05, 3.63) is 50.4 Å². The maximum atomic E-state index is 13.7. The summed E-state index contributed by atoms with van der Waals surface area (Å²) in [7, 11) is 0. The van der Waals surface area contributed by atoms with Crippen molar-refractivity contribution in [3.8, 4) is 0 Å². The van der Waals surface area contributed by atoms with Crippen LogP contribution in [0.25, 0.3) is 0 Å². The van der Waals surface area contributed by atoms with Crippen LogP contribution in [0.3, 0.4) is 0 Å². The molecule has 1 amide bonds. The van der Waals surface area contributed by atoms with Crippen molar-refractivity contribution in [2.45, 2.75) is 76.7 Å². The van der Waals surface area contributed by atoms with Gasteiger partial charge in [-0.2, -0.15) is 13.2 Å². The predicted molar refractivity (Wildman–Crippen MR) is 122 cm³/mol. The second-order valence-electron chi connectivity index (χ2n) is 9.61. The summed E-state index contributed by atoms with van der Waals surface area (Å²) < 4.78 is 61.8. The van der Waals surface area contributed by atoms with E-state index < -0.39 is 35.3 Å². The van der Waals surface area contributed by atoms with E-state index in [1.165, 1.54) is 6.07 Å². The summed E-state index contributed by atoms with van der Waals surface area (Å²) in [6, 6.07) is 2.67. The lowest BCUT2D eigenvalue weighted by molar-refractivity contribution is -0.140. The summed E-state index contributed by atoms with van der Waals surface area (Å²) in [5.74, 6) is 0.151. The number of alkyl halides is 3. The van der Waals surface area contributed by atoms with Gasteiger partial charge in [-0.15, -0.1) is 0 Å². The smallest absolute Gasteiger partial charge is 0.419 e. The van der Waals surface area contributed by atoms with Crippen LogP contribution in [0.15, 0.2) is 18.2 Å². The van der Waals surface area contributed by atoms with Crippen LogP contribution >= 0.6 is 22.6 Å². The predicted octanol–water partition coefficient (Wildman–Crippen LogP) is 6.45. The Morgan fingerprint density at radius 3 is 2.52 bits per heavy atom. The number of ether oxygens (including phenoxy) is 1. The Morgan fingerprint density at radius 1 is 1.21 bits per heavy atom. The van der Waals surface area contributed by atoms with Crippen molar-refractivity contribution in [1.82, 2.24) is 14.5 Å². The lowest BCUT2D eigenvalue weighted by Gasteiger charge is -2.38. The highest BCUT2D eigenvalue weighted by Gasteiger charge is 2.40. The fourth-order valence-electron chi connectivity index (χ4n) is 4.25. The monoisotopic (exact) mass is 579 g/mol. The Kier molecular flexibility index (Phi) is 6.43. The number of amides is 1. The minimum Gasteiger partial charge on any atom is -0.444 e. The number of aromatic nitrogens is 2. The number of benzene rings is 1. The summed E-state index contributed by atoms with van der Waals surface area (Å²) in [6.07, 6.45) is -2.44. The molecule has 1 unspecified atom stereocenters. The zero-order valence-corrected chi connectivity index (χ0v) is 20.8. The number of aryl methyl sites for hydroxylation is 1. The van der Waals surface area contributed by atoms with Crippen LogP contribution < -0.4 is 0 Å². The van der Waals surface area contributed by atoms with E-state index in [2.05, 4.69) is 27.2 Å². The molecule has 1 aliphatic heterocycles. The minimum absolute atomic E-state index is 0.243. The first kappa shape index (κ1) is 24.3. The SMILES string of the molecule is CC(C)(C)OC(=O)N1CCn2c(C3CC3)nc(I)c2C1CCc1ccc(F)c(C(F)(F)F)c1. The fraction of sp³-hybridized carbons (Fsp3) is 0.565. The van der Waals surface area contributed by atoms with Crippen molar-refractivity contribution in [2.24, 2.45) is 0 Å². The van der Waals surface area contributed by atoms with Crippen LogP contribution in [0.5, 0.6) is 0 Å². The molecular formula is C23H26F4IN3O2. The highest BCUT2D eigenvalue weighted by atomic mass is 127. The Morgan fingerprint density at radius 2 is 1.91 bits per heavy atom. The molecule has 2 aromatic rings. The normalized spacial score (nSPS) is 18.9. The molecule has 0 saturated heterocycles. The first-order chi connectivity index (χ1) is 15.3. The van der Waals surface area contributed by atoms with Crippen LogP contribution in [0.2, 0.25) is 0 Å². The number of imidazole rings is 1. The fourth-order valence-corrected chi connectivity index (χ4v) is 5.15. The molecule has 2 heterocycles. The molecule has 33 heavy (non-hydrogen) atoms. The summed E-state index contributed by atoms with van der Waals surface area (Å²) in [5.41, 5.74) is -0.692. The lowest BCUT2D eigenvalue weighted by atomic mass is 9.99. The first-order valence-electron chi connectivity index (χ1n) is 11.0. The molecule has 0 N–H and O–H groups in total. The number of hydrogen-bond donors (Lipinski definition) is 0. The third kappa shape index (κ3) is 5.30. The third-order valence-corrected chi connectivity index (χ3v) is 6.65. The van der Waals surface area contributed by atoms with Crippen LogP contribution in [0, 0.1) is 9.52 Å². The van der Waals surface area contributed by atoms with Gasteiger partial charge in [0.25, 0.3) is 0 Å². The number of carbonyl (C=O) groups excluding carboxylic acids is 1. The molecule has 180 valence electrons. The molecule has 2 aliphatic rings. The quantitative estimate of drug-likeness (QED) is 0.309. The van der Waals surface area contributed by atoms with E-state index in [9.17, 15) is 22.4 Å². The number of halogens is 5. The lowest BCUT2D eigenvalue weighted by Crippen LogP contribution is -2.45. The van der Waals surface area contributed by atoms with Crippen LogP contribution in [0.1, 0.15) is 74.6 Å². The molecule has 0 bridgehead atoms. The Hall–Kier alpha value is -1.85. The van der Waals surface area contributed by atoms with Crippen molar-refractivity contribution in [1.29, 1.82) is 0 Å². The standard InChI is InChI=1S/C23H26F4IN3O2/c1-22(2,3)33-21(32)30-10-11-31-18(19(28)29-20(31)14-6-7-14)17(30)9-5-13-4-8-16(24)15(12-13)23(25,26)27/h4,8,12,14,17H,5-7,9-11H2,1-3H3. The van der Waals surface area contributed by atoms with Crippen molar-refractivity contribution >= 4 is 28.7 Å². The first-order valence-corrected chi connectivity index (χ1v) is 12.0. The number of hydrogen-bond acceptors (Lipinski definition) is 3. The van der Waals surface area contributed by atoms with Gasteiger partial charge >= 0.3 is 12.3 Å². The van der Waals surface area contributed by atoms with Gasteiger partial charge < -0.3 is 9.30 Å². The van der Waals surface area contributed by atoms with Gasteiger partial charge in [0.2, 0.25) is 0 Å². The van der Waals surface area contributed by atoms with E-state index in [1.54, 1.807) is 25.7 Å². The van der Waals surface area contributed by atoms with Gasteiger partial charge in [0.15, 0.2) is 0 Å². The van der Waals surface area contributed by atoms with Gasteiger partial charge in [0.05, 0.1) is 17.3 Å². The zero-order chi connectivity index (χ0) is 24.1. The second-order valence-corrected chi connectivity index (χ2v) is 10.6. The largest absolute Gasteiger partial charge is 0.444 e. The number of rotatable bonds is 4. The number of carbonyl (C=O) groups is 1. The molecule has 1 atom stereocenters. The summed E-state index contributed by atoms with van der Waals surface area (Å²) in [5, 5.41) is 0. The van der Waals surface area contributed by atoms with Crippen LogP contribution in [0.4, 0.5) is 22.4 Å². The zero-order valence-electron chi connectivity index (χ0n) is 18.7. The molecule has 1 saturated carbocycles. The Labute approximate surface area is 203 Å². The Balaban J connectivity index is 1.64. The maximum Gasteiger partial charge on any atom is 0.419 e. The topological polar surface area (TPSA) is 47.4 Å². The molecule has 0 spiro atoms. The van der Waals surface area contributed by atoms with Gasteiger partial charge in [-0.05, 0) is 86.7 Å². The highest BCUT2D eigenvalue weighted by molar-refractivity contribution is 14.1. The van der Waals surface area contributed by atoms with E-state index in [4.69, 9.17) is 9.72 Å². The van der Waals surface area contributed by atoms with E-state index in [0.717, 1.165) is 40.2 Å². The van der Waals surface area contributed by atoms with Gasteiger partial charge in [-0.3, -0.25) is 4.90 Å². The molecule has 5 nitrogen and oxygen atoms in total. The molecule has 1 aliphatic carbocycles. The van der Waals surface area contributed by atoms with Crippen molar-refractivity contribution in [3.63, 3.8) is 0 Å². The molecular weight excluding hydrogens is 553 g/mol. The maximum absolute atomic E-state index is 13.7. The van der Waals surface area contributed by atoms with Crippen LogP contribution in [-0.4, -0.2) is 32.7 Å². The van der Waals surface area contributed by atoms with E-state index in [0.29, 0.717) is 31.0 Å². The summed E-state index contributed by atoms with van der Waals surface area (Å²) >= 11 is 2.17. The van der Waals surface area contributed by atoms with E-state index in [1.807, 2.05) is 0 Å². The number of nitrogens with zero attached hydrogens (tertiary/aromatic N) is 3. The van der Waals surface area contributed by atoms with Crippen molar-refractivity contribution < 1.29 is 27.1 Å². The number of fused-ring (bicyclic) bond motifs is 1. The average molecular weight is 579 g/mol. The minimum atomic E-state index is -4.76.